The minimum absolute atomic E-state index is 0.0766. The third kappa shape index (κ3) is 5.35. The first kappa shape index (κ1) is 13.5. The number of carbonyl (C=O) groups is 1. The quantitative estimate of drug-likeness (QED) is 0.808. The van der Waals surface area contributed by atoms with Gasteiger partial charge in [-0.1, -0.05) is 18.2 Å². The van der Waals surface area contributed by atoms with Gasteiger partial charge in [0, 0.05) is 6.42 Å². The average Bonchev–Trinajstić information content (AvgIpc) is 2.17. The Morgan fingerprint density at radius 2 is 2.00 bits per heavy atom. The molecule has 1 aromatic carbocycles. The summed E-state index contributed by atoms with van der Waals surface area (Å²) in [6.07, 6.45) is 2.18. The van der Waals surface area contributed by atoms with Crippen molar-refractivity contribution in [1.29, 1.82) is 0 Å². The van der Waals surface area contributed by atoms with Gasteiger partial charge in [-0.25, -0.2) is 8.42 Å². The first-order valence-corrected chi connectivity index (χ1v) is 7.05. The van der Waals surface area contributed by atoms with Crippen molar-refractivity contribution in [3.05, 3.63) is 29.8 Å². The minimum atomic E-state index is -3.31. The van der Waals surface area contributed by atoms with Gasteiger partial charge >= 0.3 is 5.97 Å². The van der Waals surface area contributed by atoms with Crippen LogP contribution in [0.4, 0.5) is 5.69 Å². The number of carboxylic acids is 1. The maximum absolute atomic E-state index is 11.1. The van der Waals surface area contributed by atoms with Crippen molar-refractivity contribution in [3.63, 3.8) is 0 Å². The topological polar surface area (TPSA) is 83.5 Å². The molecule has 0 aromatic heterocycles. The number of rotatable bonds is 6. The van der Waals surface area contributed by atoms with E-state index in [4.69, 9.17) is 5.11 Å². The van der Waals surface area contributed by atoms with Crippen LogP contribution in [0.3, 0.4) is 0 Å². The summed E-state index contributed by atoms with van der Waals surface area (Å²) in [4.78, 5) is 10.4. The van der Waals surface area contributed by atoms with Crippen LogP contribution in [0, 0.1) is 0 Å². The number of anilines is 1. The van der Waals surface area contributed by atoms with Crippen LogP contribution < -0.4 is 4.72 Å². The molecule has 2 N–H and O–H groups in total. The monoisotopic (exact) mass is 257 g/mol. The number of para-hydroxylation sites is 1. The van der Waals surface area contributed by atoms with Gasteiger partial charge < -0.3 is 5.11 Å². The van der Waals surface area contributed by atoms with Gasteiger partial charge in [-0.3, -0.25) is 9.52 Å². The average molecular weight is 257 g/mol. The van der Waals surface area contributed by atoms with Crippen molar-refractivity contribution in [2.24, 2.45) is 0 Å². The molecule has 0 unspecified atom stereocenters. The molecule has 0 aliphatic rings. The van der Waals surface area contributed by atoms with E-state index in [2.05, 4.69) is 4.72 Å². The van der Waals surface area contributed by atoms with E-state index < -0.39 is 16.0 Å². The van der Waals surface area contributed by atoms with Crippen molar-refractivity contribution in [2.45, 2.75) is 19.3 Å². The molecule has 0 radical (unpaired) electrons. The van der Waals surface area contributed by atoms with Crippen LogP contribution in [0.5, 0.6) is 0 Å². The molecule has 0 saturated carbocycles. The molecule has 17 heavy (non-hydrogen) atoms. The highest BCUT2D eigenvalue weighted by atomic mass is 32.2. The van der Waals surface area contributed by atoms with E-state index in [1.807, 2.05) is 0 Å². The summed E-state index contributed by atoms with van der Waals surface area (Å²) < 4.78 is 24.7. The standard InChI is InChI=1S/C11H15NO4S/c1-17(15,16)12-10-7-3-2-5-9(10)6-4-8-11(13)14/h2-3,5,7,12H,4,6,8H2,1H3,(H,13,14). The van der Waals surface area contributed by atoms with E-state index >= 15 is 0 Å². The number of nitrogens with one attached hydrogen (secondary N) is 1. The molecular weight excluding hydrogens is 242 g/mol. The molecular formula is C11H15NO4S. The van der Waals surface area contributed by atoms with Crippen LogP contribution in [0.15, 0.2) is 24.3 Å². The van der Waals surface area contributed by atoms with Crippen LogP contribution in [-0.4, -0.2) is 25.7 Å². The summed E-state index contributed by atoms with van der Waals surface area (Å²) in [5, 5.41) is 8.54. The Bertz CT molecular complexity index is 496. The maximum Gasteiger partial charge on any atom is 0.303 e. The van der Waals surface area contributed by atoms with E-state index in [0.29, 0.717) is 18.5 Å². The van der Waals surface area contributed by atoms with Crippen molar-refractivity contribution in [1.82, 2.24) is 0 Å². The van der Waals surface area contributed by atoms with Gasteiger partial charge in [0.25, 0.3) is 0 Å². The van der Waals surface area contributed by atoms with Gasteiger partial charge in [-0.05, 0) is 24.5 Å². The van der Waals surface area contributed by atoms with Gasteiger partial charge in [0.05, 0.1) is 11.9 Å². The molecule has 5 nitrogen and oxygen atoms in total. The molecule has 0 bridgehead atoms. The molecule has 0 aliphatic heterocycles. The van der Waals surface area contributed by atoms with Gasteiger partial charge in [-0.2, -0.15) is 0 Å². The number of sulfonamides is 1. The lowest BCUT2D eigenvalue weighted by molar-refractivity contribution is -0.137. The molecule has 0 aliphatic carbocycles. The zero-order valence-electron chi connectivity index (χ0n) is 9.51. The van der Waals surface area contributed by atoms with Crippen molar-refractivity contribution in [2.75, 3.05) is 11.0 Å². The van der Waals surface area contributed by atoms with Gasteiger partial charge in [-0.15, -0.1) is 0 Å². The number of carboxylic acid groups (broad SMARTS) is 1. The number of hydrogen-bond donors (Lipinski definition) is 2. The summed E-state index contributed by atoms with van der Waals surface area (Å²) >= 11 is 0. The second kappa shape index (κ2) is 5.67. The van der Waals surface area contributed by atoms with Gasteiger partial charge in [0.2, 0.25) is 10.0 Å². The lowest BCUT2D eigenvalue weighted by Gasteiger charge is -2.09. The highest BCUT2D eigenvalue weighted by Gasteiger charge is 2.07. The Kier molecular flexibility index (Phi) is 4.51. The van der Waals surface area contributed by atoms with Crippen molar-refractivity contribution in [3.8, 4) is 0 Å². The highest BCUT2D eigenvalue weighted by Crippen LogP contribution is 2.18. The van der Waals surface area contributed by atoms with E-state index in [1.165, 1.54) is 0 Å². The van der Waals surface area contributed by atoms with Crippen molar-refractivity contribution < 1.29 is 18.3 Å². The van der Waals surface area contributed by atoms with E-state index in [1.54, 1.807) is 24.3 Å². The first-order chi connectivity index (χ1) is 7.88. The zero-order valence-corrected chi connectivity index (χ0v) is 10.3. The van der Waals surface area contributed by atoms with E-state index in [0.717, 1.165) is 11.8 Å². The lowest BCUT2D eigenvalue weighted by atomic mass is 10.1. The number of hydrogen-bond acceptors (Lipinski definition) is 3. The summed E-state index contributed by atoms with van der Waals surface area (Å²) in [5.74, 6) is -0.849. The smallest absolute Gasteiger partial charge is 0.303 e. The normalized spacial score (nSPS) is 11.1. The Hall–Kier alpha value is -1.56. The molecule has 0 atom stereocenters. The molecule has 6 heteroatoms. The molecule has 0 heterocycles. The fourth-order valence-electron chi connectivity index (χ4n) is 1.47. The summed E-state index contributed by atoms with van der Waals surface area (Å²) in [7, 11) is -3.31. The fraction of sp³-hybridized carbons (Fsp3) is 0.364. The molecule has 0 fully saturated rings. The number of aryl methyl sites for hydroxylation is 1. The molecule has 94 valence electrons. The molecule has 0 amide bonds. The third-order valence-electron chi connectivity index (χ3n) is 2.15. The van der Waals surface area contributed by atoms with E-state index in [9.17, 15) is 13.2 Å². The van der Waals surface area contributed by atoms with Crippen LogP contribution in [0.25, 0.3) is 0 Å². The zero-order chi connectivity index (χ0) is 12.9. The fourth-order valence-corrected chi connectivity index (χ4v) is 2.07. The maximum atomic E-state index is 11.1. The Morgan fingerprint density at radius 1 is 1.35 bits per heavy atom. The predicted octanol–water partition coefficient (Wildman–Crippen LogP) is 1.47. The second-order valence-electron chi connectivity index (χ2n) is 3.78. The Balaban J connectivity index is 2.74. The van der Waals surface area contributed by atoms with E-state index in [-0.39, 0.29) is 6.42 Å². The molecule has 1 aromatic rings. The Labute approximate surface area is 101 Å². The van der Waals surface area contributed by atoms with Gasteiger partial charge in [0.1, 0.15) is 0 Å². The largest absolute Gasteiger partial charge is 0.481 e. The molecule has 1 rings (SSSR count). The number of aliphatic carboxylic acids is 1. The second-order valence-corrected chi connectivity index (χ2v) is 5.53. The summed E-state index contributed by atoms with van der Waals surface area (Å²) in [5.41, 5.74) is 1.32. The van der Waals surface area contributed by atoms with Gasteiger partial charge in [0.15, 0.2) is 0 Å². The third-order valence-corrected chi connectivity index (χ3v) is 2.74. The van der Waals surface area contributed by atoms with Crippen LogP contribution in [0.2, 0.25) is 0 Å². The lowest BCUT2D eigenvalue weighted by Crippen LogP contribution is -2.11. The minimum Gasteiger partial charge on any atom is -0.481 e. The van der Waals surface area contributed by atoms with Crippen molar-refractivity contribution >= 4 is 21.7 Å². The first-order valence-electron chi connectivity index (χ1n) is 5.16. The van der Waals surface area contributed by atoms with Crippen LogP contribution in [-0.2, 0) is 21.2 Å². The van der Waals surface area contributed by atoms with Crippen LogP contribution >= 0.6 is 0 Å². The molecule has 0 spiro atoms. The summed E-state index contributed by atoms with van der Waals surface area (Å²) in [6.45, 7) is 0. The highest BCUT2D eigenvalue weighted by molar-refractivity contribution is 7.92. The number of benzene rings is 1. The Morgan fingerprint density at radius 3 is 2.59 bits per heavy atom. The predicted molar refractivity (Wildman–Crippen MR) is 65.5 cm³/mol. The SMILES string of the molecule is CS(=O)(=O)Nc1ccccc1CCCC(=O)O. The molecule has 0 saturated heterocycles. The van der Waals surface area contributed by atoms with Crippen LogP contribution in [0.1, 0.15) is 18.4 Å². The summed E-state index contributed by atoms with van der Waals surface area (Å²) in [6, 6.07) is 6.98.